The van der Waals surface area contributed by atoms with Gasteiger partial charge >= 0.3 is 42.4 Å². The van der Waals surface area contributed by atoms with Gasteiger partial charge in [0.05, 0.1) is 36.8 Å². The van der Waals surface area contributed by atoms with Crippen LogP contribution in [0.3, 0.4) is 0 Å². The summed E-state index contributed by atoms with van der Waals surface area (Å²) >= 11 is 0. The van der Waals surface area contributed by atoms with Crippen molar-refractivity contribution in [3.63, 3.8) is 0 Å². The van der Waals surface area contributed by atoms with E-state index in [2.05, 4.69) is 20.6 Å². The summed E-state index contributed by atoms with van der Waals surface area (Å²) < 4.78 is 64.6. The van der Waals surface area contributed by atoms with Crippen LogP contribution in [0.5, 0.6) is 28.7 Å². The zero-order valence-corrected chi connectivity index (χ0v) is 81.4. The molecule has 30 heteroatoms. The molecule has 0 unspecified atom stereocenters. The van der Waals surface area contributed by atoms with Crippen molar-refractivity contribution in [1.82, 2.24) is 34.3 Å². The number of ketones is 1. The van der Waals surface area contributed by atoms with Gasteiger partial charge in [-0.25, -0.2) is 33.6 Å². The van der Waals surface area contributed by atoms with E-state index in [-0.39, 0.29) is 36.9 Å². The highest BCUT2D eigenvalue weighted by atomic mass is 16.6. The Hall–Kier alpha value is -17.3. The van der Waals surface area contributed by atoms with Crippen molar-refractivity contribution >= 4 is 121 Å². The van der Waals surface area contributed by atoms with E-state index in [1.165, 1.54) is 53.3 Å². The maximum Gasteiger partial charge on any atom is 0.419 e. The number of aromatic amines is 2. The Bertz CT molecular complexity index is 7110. The lowest BCUT2D eigenvalue weighted by atomic mass is 10.0. The Kier molecular flexibility index (Phi) is 36.1. The SMILES string of the molecule is CC(=O)[C@@H](N)Cc1c[nH]c2cc(O)ccc12.CC(C)(C)OC(=O)n1cc(C=O)c2ccc(OCc3ccccc3)cc21.COC(=O)/C(=C/c1cn(C(=O)OC(C)(C)C)c2cc(OCc3ccccc3)ccc12)NC(=O)OCc1ccccc1.COC(=O)[C@H](Cc1cn(C(=O)OC(C)(C)C)c2cc(OCc3ccccc3)ccc12)NC(=O)OCc1ccccc1.O=Cc1c[nH]c2cc(OCc3ccccc3)ccc12. The predicted molar refractivity (Wildman–Crippen MR) is 544 cm³/mol. The van der Waals surface area contributed by atoms with Crippen LogP contribution in [0.4, 0.5) is 24.0 Å². The largest absolute Gasteiger partial charge is 0.508 e. The number of aromatic nitrogens is 5. The van der Waals surface area contributed by atoms with Crippen molar-refractivity contribution in [2.24, 2.45) is 5.73 Å². The second kappa shape index (κ2) is 49.3. The standard InChI is InChI=1S/C32H34N2O7.C32H32N2O7.C21H21NO4.C16H13NO2.C12H14N2O2/c2*1-32(2,3)41-31(37)34-19-24(26-16-15-25(18-28(26)34)39-20-22-11-7-5-8-12-22)17-27(29(35)38-4)33-30(36)40-21-23-13-9-6-10-14-23;1-21(2,3)26-20(24)22-12-16(13-23)18-10-9-17(11-19(18)22)25-14-15-7-5-4-6-8-15;18-10-13-9-17-16-8-14(6-7-15(13)16)19-11-12-4-2-1-3-5-12;1-7(15)11(13)4-8-6-14-12-5-9(16)2-3-10(8)12/h5-16,18-19,27H,17,20-21H2,1-4H3,(H,33,36);5-19H,20-21H2,1-4H3,(H,33,36);4-13H,14H2,1-3H3;1-10,17H,11H2;2-3,5-6,11,14,16H,4,13H2,1H3/b;27-17-;;;/t27-;;;;11-/m0...0/s1. The number of nitrogens with two attached hydrogens (primary N) is 1. The molecule has 0 fully saturated rings. The molecule has 143 heavy (non-hydrogen) atoms. The molecule has 16 rings (SSSR count). The van der Waals surface area contributed by atoms with E-state index >= 15 is 0 Å². The van der Waals surface area contributed by atoms with Gasteiger partial charge in [0.15, 0.2) is 12.6 Å². The summed E-state index contributed by atoms with van der Waals surface area (Å²) in [5.74, 6) is 1.26. The number of carbonyl (C=O) groups is 10. The molecule has 0 saturated heterocycles. The fraction of sp³-hybridized carbons (Fsp3) is 0.221. The third kappa shape index (κ3) is 30.9. The minimum absolute atomic E-state index is 0.0187. The second-order valence-corrected chi connectivity index (χ2v) is 35.9. The van der Waals surface area contributed by atoms with Crippen molar-refractivity contribution in [2.45, 2.75) is 151 Å². The number of phenols is 1. The van der Waals surface area contributed by atoms with E-state index in [0.29, 0.717) is 105 Å². The number of phenolic OH excluding ortho intramolecular Hbond substituents is 1. The van der Waals surface area contributed by atoms with E-state index in [1.807, 2.05) is 219 Å². The van der Waals surface area contributed by atoms with Crippen molar-refractivity contribution < 1.29 is 105 Å². The van der Waals surface area contributed by atoms with Crippen LogP contribution in [0.25, 0.3) is 60.6 Å². The molecule has 0 aliphatic rings. The Morgan fingerprint density at radius 2 is 0.755 bits per heavy atom. The number of methoxy groups -OCH3 is 2. The van der Waals surface area contributed by atoms with E-state index < -0.39 is 71.3 Å². The van der Waals surface area contributed by atoms with Crippen molar-refractivity contribution in [1.29, 1.82) is 0 Å². The Morgan fingerprint density at radius 3 is 1.17 bits per heavy atom. The number of hydrogen-bond acceptors (Lipinski definition) is 23. The number of esters is 2. The number of aldehydes is 2. The number of carbonyl (C=O) groups excluding carboxylic acids is 10. The average Bonchev–Trinajstić information content (AvgIpc) is 1.62. The number of rotatable bonds is 28. The monoisotopic (exact) mass is 1930 g/mol. The third-order valence-electron chi connectivity index (χ3n) is 21.5. The van der Waals surface area contributed by atoms with Crippen LogP contribution in [0.15, 0.2) is 310 Å². The van der Waals surface area contributed by atoms with Crippen LogP contribution >= 0.6 is 0 Å². The summed E-state index contributed by atoms with van der Waals surface area (Å²) in [4.78, 5) is 128. The van der Waals surface area contributed by atoms with Gasteiger partial charge in [0.25, 0.3) is 0 Å². The van der Waals surface area contributed by atoms with Crippen LogP contribution < -0.4 is 35.3 Å². The Balaban J connectivity index is 0.000000166. The normalized spacial score (nSPS) is 11.6. The predicted octanol–water partition coefficient (Wildman–Crippen LogP) is 22.2. The van der Waals surface area contributed by atoms with Crippen LogP contribution in [0.1, 0.15) is 140 Å². The lowest BCUT2D eigenvalue weighted by Gasteiger charge is -2.20. The minimum Gasteiger partial charge on any atom is -0.508 e. The smallest absolute Gasteiger partial charge is 0.419 e. The molecule has 30 nitrogen and oxygen atoms in total. The molecule has 5 aromatic heterocycles. The molecule has 0 saturated carbocycles. The summed E-state index contributed by atoms with van der Waals surface area (Å²) in [5.41, 5.74) is 15.8. The molecule has 0 bridgehead atoms. The van der Waals surface area contributed by atoms with Gasteiger partial charge in [0.2, 0.25) is 0 Å². The molecule has 5 heterocycles. The van der Waals surface area contributed by atoms with Gasteiger partial charge in [-0.05, 0) is 187 Å². The minimum atomic E-state index is -1.06. The first-order valence-electron chi connectivity index (χ1n) is 45.8. The molecule has 738 valence electrons. The van der Waals surface area contributed by atoms with Gasteiger partial charge in [-0.15, -0.1) is 0 Å². The number of aromatic hydroxyl groups is 1. The van der Waals surface area contributed by atoms with Gasteiger partial charge in [0, 0.05) is 122 Å². The van der Waals surface area contributed by atoms with E-state index in [4.69, 9.17) is 57.8 Å². The molecule has 7 N–H and O–H groups in total. The zero-order valence-electron chi connectivity index (χ0n) is 81.4. The molecular weight excluding hydrogens is 1820 g/mol. The topological polar surface area (TPSA) is 389 Å². The van der Waals surface area contributed by atoms with Crippen LogP contribution in [0, 0.1) is 0 Å². The Labute approximate surface area is 826 Å². The highest BCUT2D eigenvalue weighted by Gasteiger charge is 2.30. The number of nitrogens with zero attached hydrogens (tertiary/aromatic N) is 3. The number of amides is 2. The fourth-order valence-corrected chi connectivity index (χ4v) is 14.5. The first-order valence-corrected chi connectivity index (χ1v) is 45.8. The van der Waals surface area contributed by atoms with Gasteiger partial charge < -0.3 is 78.2 Å². The average molecular weight is 1940 g/mol. The number of Topliss-reactive ketones (excluding diaryl/α,β-unsaturated/α-hetero) is 1. The van der Waals surface area contributed by atoms with Crippen LogP contribution in [-0.4, -0.2) is 133 Å². The van der Waals surface area contributed by atoms with Gasteiger partial charge in [-0.1, -0.05) is 182 Å². The van der Waals surface area contributed by atoms with Gasteiger partial charge in [-0.2, -0.15) is 0 Å². The lowest BCUT2D eigenvalue weighted by molar-refractivity contribution is -0.143. The van der Waals surface area contributed by atoms with E-state index in [1.54, 1.807) is 135 Å². The molecule has 16 aromatic rings. The number of ether oxygens (including phenoxy) is 11. The molecule has 2 amide bonds. The molecule has 0 aliphatic heterocycles. The number of fused-ring (bicyclic) bond motifs is 5. The summed E-state index contributed by atoms with van der Waals surface area (Å²) in [5, 5.41) is 18.3. The quantitative estimate of drug-likeness (QED) is 0.0115. The summed E-state index contributed by atoms with van der Waals surface area (Å²) in [6.07, 6.45) is 8.38. The first-order chi connectivity index (χ1) is 68.6. The molecule has 0 spiro atoms. The number of nitrogens with one attached hydrogen (secondary N) is 4. The lowest BCUT2D eigenvalue weighted by Crippen LogP contribution is -2.43. The maximum atomic E-state index is 13.2. The van der Waals surface area contributed by atoms with Gasteiger partial charge in [-0.3, -0.25) is 33.4 Å². The third-order valence-corrected chi connectivity index (χ3v) is 21.5. The van der Waals surface area contributed by atoms with Crippen LogP contribution in [0.2, 0.25) is 0 Å². The number of benzene rings is 11. The summed E-state index contributed by atoms with van der Waals surface area (Å²) in [6, 6.07) is 82.8. The second-order valence-electron chi connectivity index (χ2n) is 35.9. The fourth-order valence-electron chi connectivity index (χ4n) is 14.5. The zero-order chi connectivity index (χ0) is 102. The first kappa shape index (κ1) is 105. The van der Waals surface area contributed by atoms with Crippen molar-refractivity contribution in [2.75, 3.05) is 14.2 Å². The molecule has 2 atom stereocenters. The van der Waals surface area contributed by atoms with E-state index in [0.717, 1.165) is 79.1 Å². The maximum absolute atomic E-state index is 13.2. The number of H-pyrrole nitrogens is 2. The molecule has 11 aromatic carbocycles. The highest BCUT2D eigenvalue weighted by Crippen LogP contribution is 2.34. The molecule has 0 aliphatic carbocycles. The van der Waals surface area contributed by atoms with E-state index in [9.17, 15) is 53.1 Å². The molecular formula is C113H114N8O22. The highest BCUT2D eigenvalue weighted by molar-refractivity contribution is 6.04. The molecule has 0 radical (unpaired) electrons. The summed E-state index contributed by atoms with van der Waals surface area (Å²) in [6.45, 7) is 19.2. The Morgan fingerprint density at radius 1 is 0.392 bits per heavy atom. The van der Waals surface area contributed by atoms with Gasteiger partial charge in [0.1, 0.15) is 103 Å². The van der Waals surface area contributed by atoms with Crippen molar-refractivity contribution in [3.05, 3.63) is 371 Å². The van der Waals surface area contributed by atoms with Crippen LogP contribution in [-0.2, 0) is 100 Å². The summed E-state index contributed by atoms with van der Waals surface area (Å²) in [7, 11) is 2.44. The van der Waals surface area contributed by atoms with Crippen molar-refractivity contribution in [3.8, 4) is 28.7 Å². The number of alkyl carbamates (subject to hydrolysis) is 2. The number of hydrogen-bond donors (Lipinski definition) is 6.